The Morgan fingerprint density at radius 1 is 1.05 bits per heavy atom. The zero-order valence-electron chi connectivity index (χ0n) is 12.0. The van der Waals surface area contributed by atoms with Gasteiger partial charge in [0.25, 0.3) is 5.91 Å². The van der Waals surface area contributed by atoms with Gasteiger partial charge in [-0.2, -0.15) is 0 Å². The molecule has 0 heterocycles. The number of benzene rings is 2. The van der Waals surface area contributed by atoms with Gasteiger partial charge in [0, 0.05) is 0 Å². The Bertz CT molecular complexity index is 687. The summed E-state index contributed by atoms with van der Waals surface area (Å²) in [5.41, 5.74) is 1.51. The largest absolute Gasteiger partial charge is 0.481 e. The maximum Gasteiger partial charge on any atom is 0.265 e. The molecule has 116 valence electrons. The van der Waals surface area contributed by atoms with E-state index in [4.69, 9.17) is 39.5 Å². The molecular formula is C16H14Cl3NO2. The van der Waals surface area contributed by atoms with Crippen LogP contribution in [-0.2, 0) is 4.79 Å². The summed E-state index contributed by atoms with van der Waals surface area (Å²) in [5, 5.41) is 3.62. The normalized spacial score (nSPS) is 11.9. The lowest BCUT2D eigenvalue weighted by Gasteiger charge is -2.16. The first-order valence-corrected chi connectivity index (χ1v) is 7.69. The third-order valence-corrected chi connectivity index (χ3v) is 4.01. The maximum absolute atomic E-state index is 12.2. The van der Waals surface area contributed by atoms with Gasteiger partial charge in [0.1, 0.15) is 5.75 Å². The topological polar surface area (TPSA) is 38.3 Å². The van der Waals surface area contributed by atoms with Crippen molar-refractivity contribution in [2.45, 2.75) is 20.0 Å². The molecule has 0 aliphatic rings. The molecule has 0 aliphatic heterocycles. The summed E-state index contributed by atoms with van der Waals surface area (Å²) in [7, 11) is 0. The van der Waals surface area contributed by atoms with Crippen LogP contribution in [0.15, 0.2) is 36.4 Å². The van der Waals surface area contributed by atoms with E-state index in [1.54, 1.807) is 6.92 Å². The van der Waals surface area contributed by atoms with E-state index < -0.39 is 6.10 Å². The summed E-state index contributed by atoms with van der Waals surface area (Å²) in [4.78, 5) is 12.2. The van der Waals surface area contributed by atoms with Crippen LogP contribution in [0.1, 0.15) is 12.5 Å². The molecule has 1 unspecified atom stereocenters. The number of anilines is 1. The van der Waals surface area contributed by atoms with Crippen molar-refractivity contribution in [1.29, 1.82) is 0 Å². The minimum Gasteiger partial charge on any atom is -0.481 e. The van der Waals surface area contributed by atoms with Crippen LogP contribution in [0.5, 0.6) is 5.75 Å². The highest BCUT2D eigenvalue weighted by molar-refractivity contribution is 6.44. The van der Waals surface area contributed by atoms with E-state index in [1.807, 2.05) is 31.2 Å². The summed E-state index contributed by atoms with van der Waals surface area (Å²) in [5.74, 6) is 0.286. The molecule has 1 atom stereocenters. The SMILES string of the molecule is Cc1ccc(OC(C)C(=O)Nc2cc(Cl)c(Cl)cc2Cl)cc1. The summed E-state index contributed by atoms with van der Waals surface area (Å²) < 4.78 is 5.58. The first-order valence-electron chi connectivity index (χ1n) is 6.55. The monoisotopic (exact) mass is 357 g/mol. The van der Waals surface area contributed by atoms with Crippen LogP contribution in [0, 0.1) is 6.92 Å². The summed E-state index contributed by atoms with van der Waals surface area (Å²) in [6, 6.07) is 10.4. The van der Waals surface area contributed by atoms with E-state index in [1.165, 1.54) is 12.1 Å². The standard InChI is InChI=1S/C16H14Cl3NO2/c1-9-3-5-11(6-4-9)22-10(2)16(21)20-15-8-13(18)12(17)7-14(15)19/h3-8,10H,1-2H3,(H,20,21). The number of hydrogen-bond acceptors (Lipinski definition) is 2. The maximum atomic E-state index is 12.2. The number of hydrogen-bond donors (Lipinski definition) is 1. The predicted octanol–water partition coefficient (Wildman–Crippen LogP) is 5.36. The number of ether oxygens (including phenoxy) is 1. The van der Waals surface area contributed by atoms with E-state index in [2.05, 4.69) is 5.32 Å². The van der Waals surface area contributed by atoms with Gasteiger partial charge in [-0.05, 0) is 38.1 Å². The highest BCUT2D eigenvalue weighted by atomic mass is 35.5. The molecule has 0 aromatic heterocycles. The van der Waals surface area contributed by atoms with Crippen molar-refractivity contribution in [2.24, 2.45) is 0 Å². The Morgan fingerprint density at radius 2 is 1.64 bits per heavy atom. The zero-order chi connectivity index (χ0) is 16.3. The molecule has 6 heteroatoms. The lowest BCUT2D eigenvalue weighted by Crippen LogP contribution is -2.30. The molecule has 22 heavy (non-hydrogen) atoms. The third kappa shape index (κ3) is 4.29. The van der Waals surface area contributed by atoms with Crippen molar-refractivity contribution in [3.63, 3.8) is 0 Å². The second-order valence-corrected chi connectivity index (χ2v) is 6.03. The molecule has 1 N–H and O–H groups in total. The summed E-state index contributed by atoms with van der Waals surface area (Å²) in [6.45, 7) is 3.63. The van der Waals surface area contributed by atoms with E-state index in [0.29, 0.717) is 26.5 Å². The van der Waals surface area contributed by atoms with Crippen molar-refractivity contribution in [2.75, 3.05) is 5.32 Å². The van der Waals surface area contributed by atoms with E-state index in [-0.39, 0.29) is 5.91 Å². The molecule has 0 spiro atoms. The molecule has 0 saturated carbocycles. The van der Waals surface area contributed by atoms with Crippen molar-refractivity contribution in [3.8, 4) is 5.75 Å². The number of rotatable bonds is 4. The molecule has 0 saturated heterocycles. The van der Waals surface area contributed by atoms with Gasteiger partial charge in [0.2, 0.25) is 0 Å². The van der Waals surface area contributed by atoms with Gasteiger partial charge >= 0.3 is 0 Å². The average Bonchev–Trinajstić information content (AvgIpc) is 2.47. The smallest absolute Gasteiger partial charge is 0.265 e. The van der Waals surface area contributed by atoms with Crippen LogP contribution in [-0.4, -0.2) is 12.0 Å². The minimum atomic E-state index is -0.687. The molecule has 0 bridgehead atoms. The van der Waals surface area contributed by atoms with Gasteiger partial charge < -0.3 is 10.1 Å². The van der Waals surface area contributed by atoms with Crippen molar-refractivity contribution in [1.82, 2.24) is 0 Å². The Kier molecular flexibility index (Phi) is 5.57. The van der Waals surface area contributed by atoms with Crippen LogP contribution >= 0.6 is 34.8 Å². The molecule has 2 aromatic carbocycles. The molecule has 0 fully saturated rings. The number of halogens is 3. The Hall–Kier alpha value is -1.42. The van der Waals surface area contributed by atoms with Gasteiger partial charge in [-0.1, -0.05) is 52.5 Å². The number of carbonyl (C=O) groups excluding carboxylic acids is 1. The lowest BCUT2D eigenvalue weighted by atomic mass is 10.2. The quantitative estimate of drug-likeness (QED) is 0.747. The minimum absolute atomic E-state index is 0.310. The number of aryl methyl sites for hydroxylation is 1. The lowest BCUT2D eigenvalue weighted by molar-refractivity contribution is -0.122. The van der Waals surface area contributed by atoms with Crippen LogP contribution in [0.2, 0.25) is 15.1 Å². The molecule has 1 amide bonds. The van der Waals surface area contributed by atoms with Gasteiger partial charge in [0.05, 0.1) is 20.8 Å². The predicted molar refractivity (Wildman–Crippen MR) is 91.4 cm³/mol. The summed E-state index contributed by atoms with van der Waals surface area (Å²) >= 11 is 17.8. The molecule has 0 aliphatic carbocycles. The molecule has 3 nitrogen and oxygen atoms in total. The van der Waals surface area contributed by atoms with Gasteiger partial charge in [-0.25, -0.2) is 0 Å². The van der Waals surface area contributed by atoms with Crippen molar-refractivity contribution >= 4 is 46.4 Å². The van der Waals surface area contributed by atoms with Crippen LogP contribution in [0.4, 0.5) is 5.69 Å². The Balaban J connectivity index is 2.05. The molecular weight excluding hydrogens is 345 g/mol. The fourth-order valence-electron chi connectivity index (χ4n) is 1.73. The highest BCUT2D eigenvalue weighted by Gasteiger charge is 2.17. The van der Waals surface area contributed by atoms with Gasteiger partial charge in [-0.15, -0.1) is 0 Å². The van der Waals surface area contributed by atoms with Crippen LogP contribution in [0.25, 0.3) is 0 Å². The van der Waals surface area contributed by atoms with E-state index in [0.717, 1.165) is 5.56 Å². The fraction of sp³-hybridized carbons (Fsp3) is 0.188. The average molecular weight is 359 g/mol. The first kappa shape index (κ1) is 16.9. The number of nitrogens with one attached hydrogen (secondary N) is 1. The Labute approximate surface area is 144 Å². The highest BCUT2D eigenvalue weighted by Crippen LogP contribution is 2.32. The molecule has 2 aromatic rings. The zero-order valence-corrected chi connectivity index (χ0v) is 14.3. The van der Waals surface area contributed by atoms with Crippen LogP contribution < -0.4 is 10.1 Å². The van der Waals surface area contributed by atoms with E-state index >= 15 is 0 Å². The first-order chi connectivity index (χ1) is 10.4. The van der Waals surface area contributed by atoms with E-state index in [9.17, 15) is 4.79 Å². The fourth-order valence-corrected chi connectivity index (χ4v) is 2.32. The van der Waals surface area contributed by atoms with Crippen molar-refractivity contribution < 1.29 is 9.53 Å². The number of carbonyl (C=O) groups is 1. The Morgan fingerprint density at radius 3 is 2.27 bits per heavy atom. The summed E-state index contributed by atoms with van der Waals surface area (Å²) in [6.07, 6.45) is -0.687. The molecule has 2 rings (SSSR count). The third-order valence-electron chi connectivity index (χ3n) is 2.97. The molecule has 0 radical (unpaired) electrons. The van der Waals surface area contributed by atoms with Crippen LogP contribution in [0.3, 0.4) is 0 Å². The van der Waals surface area contributed by atoms with Gasteiger partial charge in [0.15, 0.2) is 6.10 Å². The number of amides is 1. The van der Waals surface area contributed by atoms with Gasteiger partial charge in [-0.3, -0.25) is 4.79 Å². The van der Waals surface area contributed by atoms with Crippen molar-refractivity contribution in [3.05, 3.63) is 57.0 Å². The second kappa shape index (κ2) is 7.23. The second-order valence-electron chi connectivity index (χ2n) is 4.81.